The van der Waals surface area contributed by atoms with E-state index in [0.29, 0.717) is 12.4 Å². The first-order chi connectivity index (χ1) is 11.6. The van der Waals surface area contributed by atoms with Gasteiger partial charge in [-0.1, -0.05) is 30.3 Å². The van der Waals surface area contributed by atoms with Crippen molar-refractivity contribution in [3.63, 3.8) is 0 Å². The average molecular weight is 326 g/mol. The minimum atomic E-state index is -0.514. The van der Waals surface area contributed by atoms with E-state index in [1.807, 2.05) is 30.3 Å². The Labute approximate surface area is 139 Å². The van der Waals surface area contributed by atoms with Gasteiger partial charge in [0, 0.05) is 5.92 Å². The van der Waals surface area contributed by atoms with Crippen LogP contribution in [0.5, 0.6) is 5.75 Å². The summed E-state index contributed by atoms with van der Waals surface area (Å²) in [6.45, 7) is 2.22. The number of hydrogen-bond acceptors (Lipinski definition) is 4. The van der Waals surface area contributed by atoms with Gasteiger partial charge in [-0.05, 0) is 37.0 Å². The zero-order chi connectivity index (χ0) is 17.1. The molecule has 0 radical (unpaired) electrons. The third-order valence-electron chi connectivity index (χ3n) is 4.09. The number of nitrogens with one attached hydrogen (secondary N) is 1. The number of ether oxygens (including phenoxy) is 1. The van der Waals surface area contributed by atoms with E-state index in [-0.39, 0.29) is 29.1 Å². The Morgan fingerprint density at radius 2 is 2.04 bits per heavy atom. The summed E-state index contributed by atoms with van der Waals surface area (Å²) < 4.78 is 5.27. The van der Waals surface area contributed by atoms with Gasteiger partial charge in [0.25, 0.3) is 5.69 Å². The SMILES string of the molecule is CCOc1ccc(NC(=O)[C@@H]2C[C@H]2c2ccccc2)c([N+](=O)[O-])c1. The second kappa shape index (κ2) is 6.70. The van der Waals surface area contributed by atoms with Crippen LogP contribution in [0.2, 0.25) is 0 Å². The van der Waals surface area contributed by atoms with Crippen molar-refractivity contribution in [1.29, 1.82) is 0 Å². The Morgan fingerprint density at radius 1 is 1.29 bits per heavy atom. The minimum absolute atomic E-state index is 0.140. The highest BCUT2D eigenvalue weighted by Crippen LogP contribution is 2.48. The van der Waals surface area contributed by atoms with Crippen molar-refractivity contribution in [3.8, 4) is 5.75 Å². The number of nitrogens with zero attached hydrogens (tertiary/aromatic N) is 1. The van der Waals surface area contributed by atoms with Crippen molar-refractivity contribution < 1.29 is 14.5 Å². The molecule has 2 atom stereocenters. The van der Waals surface area contributed by atoms with E-state index in [9.17, 15) is 14.9 Å². The highest BCUT2D eigenvalue weighted by molar-refractivity contribution is 5.97. The fourth-order valence-electron chi connectivity index (χ4n) is 2.80. The molecule has 0 heterocycles. The van der Waals surface area contributed by atoms with Crippen LogP contribution in [0.3, 0.4) is 0 Å². The summed E-state index contributed by atoms with van der Waals surface area (Å²) >= 11 is 0. The number of nitro benzene ring substituents is 1. The van der Waals surface area contributed by atoms with Gasteiger partial charge in [0.05, 0.1) is 17.6 Å². The summed E-state index contributed by atoms with van der Waals surface area (Å²) in [5.41, 5.74) is 1.16. The molecule has 24 heavy (non-hydrogen) atoms. The van der Waals surface area contributed by atoms with Crippen molar-refractivity contribution in [2.75, 3.05) is 11.9 Å². The molecule has 2 aromatic carbocycles. The molecule has 1 aliphatic rings. The number of amides is 1. The molecular formula is C18H18N2O4. The summed E-state index contributed by atoms with van der Waals surface area (Å²) in [5, 5.41) is 13.9. The van der Waals surface area contributed by atoms with Gasteiger partial charge < -0.3 is 10.1 Å². The van der Waals surface area contributed by atoms with Gasteiger partial charge in [-0.15, -0.1) is 0 Å². The monoisotopic (exact) mass is 326 g/mol. The third-order valence-corrected chi connectivity index (χ3v) is 4.09. The molecule has 0 aromatic heterocycles. The maximum absolute atomic E-state index is 12.4. The highest BCUT2D eigenvalue weighted by atomic mass is 16.6. The molecule has 0 saturated heterocycles. The first kappa shape index (κ1) is 16.0. The quantitative estimate of drug-likeness (QED) is 0.647. The van der Waals surface area contributed by atoms with Gasteiger partial charge in [-0.2, -0.15) is 0 Å². The lowest BCUT2D eigenvalue weighted by molar-refractivity contribution is -0.384. The Balaban J connectivity index is 1.72. The highest BCUT2D eigenvalue weighted by Gasteiger charge is 2.44. The Kier molecular flexibility index (Phi) is 4.46. The molecule has 6 nitrogen and oxygen atoms in total. The summed E-state index contributed by atoms with van der Waals surface area (Å²) in [7, 11) is 0. The van der Waals surface area contributed by atoms with E-state index >= 15 is 0 Å². The van der Waals surface area contributed by atoms with Crippen LogP contribution in [-0.4, -0.2) is 17.4 Å². The van der Waals surface area contributed by atoms with Crippen LogP contribution in [0.15, 0.2) is 48.5 Å². The van der Waals surface area contributed by atoms with E-state index in [1.54, 1.807) is 13.0 Å². The normalized spacial score (nSPS) is 18.7. The van der Waals surface area contributed by atoms with Crippen molar-refractivity contribution in [1.82, 2.24) is 0 Å². The third kappa shape index (κ3) is 3.37. The first-order valence-corrected chi connectivity index (χ1v) is 7.87. The number of carbonyl (C=O) groups excluding carboxylic acids is 1. The van der Waals surface area contributed by atoms with Gasteiger partial charge in [0.1, 0.15) is 11.4 Å². The van der Waals surface area contributed by atoms with Crippen LogP contribution in [0.4, 0.5) is 11.4 Å². The summed E-state index contributed by atoms with van der Waals surface area (Å²) in [5.74, 6) is 0.276. The van der Waals surface area contributed by atoms with Gasteiger partial charge in [-0.3, -0.25) is 14.9 Å². The van der Waals surface area contributed by atoms with Crippen LogP contribution in [-0.2, 0) is 4.79 Å². The molecule has 1 saturated carbocycles. The second-order valence-electron chi connectivity index (χ2n) is 5.72. The molecule has 1 aliphatic carbocycles. The van der Waals surface area contributed by atoms with Crippen LogP contribution in [0.25, 0.3) is 0 Å². The topological polar surface area (TPSA) is 81.5 Å². The van der Waals surface area contributed by atoms with Gasteiger partial charge in [-0.25, -0.2) is 0 Å². The molecule has 1 N–H and O–H groups in total. The van der Waals surface area contributed by atoms with E-state index < -0.39 is 4.92 Å². The molecule has 124 valence electrons. The van der Waals surface area contributed by atoms with E-state index in [2.05, 4.69) is 5.32 Å². The molecule has 1 amide bonds. The summed E-state index contributed by atoms with van der Waals surface area (Å²) in [6, 6.07) is 14.3. The molecule has 1 fully saturated rings. The fraction of sp³-hybridized carbons (Fsp3) is 0.278. The molecular weight excluding hydrogens is 308 g/mol. The van der Waals surface area contributed by atoms with Crippen LogP contribution < -0.4 is 10.1 Å². The predicted molar refractivity (Wildman–Crippen MR) is 90.2 cm³/mol. The van der Waals surface area contributed by atoms with Gasteiger partial charge >= 0.3 is 0 Å². The zero-order valence-electron chi connectivity index (χ0n) is 13.3. The molecule has 2 aromatic rings. The van der Waals surface area contributed by atoms with E-state index in [4.69, 9.17) is 4.74 Å². The van der Waals surface area contributed by atoms with Crippen LogP contribution >= 0.6 is 0 Å². The molecule has 6 heteroatoms. The van der Waals surface area contributed by atoms with Crippen molar-refractivity contribution in [2.24, 2.45) is 5.92 Å². The zero-order valence-corrected chi connectivity index (χ0v) is 13.3. The first-order valence-electron chi connectivity index (χ1n) is 7.87. The van der Waals surface area contributed by atoms with Gasteiger partial charge in [0.15, 0.2) is 0 Å². The second-order valence-corrected chi connectivity index (χ2v) is 5.72. The lowest BCUT2D eigenvalue weighted by Gasteiger charge is -2.08. The number of rotatable bonds is 6. The predicted octanol–water partition coefficient (Wildman–Crippen LogP) is 3.74. The number of carbonyl (C=O) groups is 1. The van der Waals surface area contributed by atoms with Crippen LogP contribution in [0.1, 0.15) is 24.8 Å². The molecule has 0 spiro atoms. The smallest absolute Gasteiger partial charge is 0.296 e. The van der Waals surface area contributed by atoms with E-state index in [1.165, 1.54) is 12.1 Å². The maximum Gasteiger partial charge on any atom is 0.296 e. The number of benzene rings is 2. The molecule has 0 unspecified atom stereocenters. The van der Waals surface area contributed by atoms with Crippen molar-refractivity contribution >= 4 is 17.3 Å². The molecule has 0 aliphatic heterocycles. The standard InChI is InChI=1S/C18H18N2O4/c1-2-24-13-8-9-16(17(10-13)20(22)23)19-18(21)15-11-14(15)12-6-4-3-5-7-12/h3-10,14-15H,2,11H2,1H3,(H,19,21)/t14-,15+/m0/s1. The summed E-state index contributed by atoms with van der Waals surface area (Å²) in [4.78, 5) is 23.1. The Hall–Kier alpha value is -2.89. The van der Waals surface area contributed by atoms with E-state index in [0.717, 1.165) is 12.0 Å². The number of nitro groups is 1. The lowest BCUT2D eigenvalue weighted by atomic mass is 10.1. The Bertz CT molecular complexity index is 761. The average Bonchev–Trinajstić information content (AvgIpc) is 3.38. The van der Waals surface area contributed by atoms with Crippen LogP contribution in [0, 0.1) is 16.0 Å². The Morgan fingerprint density at radius 3 is 2.71 bits per heavy atom. The number of anilines is 1. The fourth-order valence-corrected chi connectivity index (χ4v) is 2.80. The minimum Gasteiger partial charge on any atom is -0.494 e. The molecule has 3 rings (SSSR count). The van der Waals surface area contributed by atoms with Crippen molar-refractivity contribution in [2.45, 2.75) is 19.3 Å². The van der Waals surface area contributed by atoms with Crippen molar-refractivity contribution in [3.05, 3.63) is 64.2 Å². The largest absolute Gasteiger partial charge is 0.494 e. The summed E-state index contributed by atoms with van der Waals surface area (Å²) in [6.07, 6.45) is 0.765. The lowest BCUT2D eigenvalue weighted by Crippen LogP contribution is -2.15. The molecule has 0 bridgehead atoms. The maximum atomic E-state index is 12.4. The van der Waals surface area contributed by atoms with Gasteiger partial charge in [0.2, 0.25) is 5.91 Å². The number of hydrogen-bond donors (Lipinski definition) is 1.